The second-order valence-electron chi connectivity index (χ2n) is 8.40. The molecule has 1 aliphatic carbocycles. The second kappa shape index (κ2) is 8.71. The van der Waals surface area contributed by atoms with Crippen molar-refractivity contribution in [3.63, 3.8) is 0 Å². The highest BCUT2D eigenvalue weighted by Crippen LogP contribution is 2.37. The van der Waals surface area contributed by atoms with Gasteiger partial charge in [0.15, 0.2) is 0 Å². The Hall–Kier alpha value is -2.13. The molecular weight excluding hydrogens is 374 g/mol. The zero-order valence-corrected chi connectivity index (χ0v) is 18.8. The summed E-state index contributed by atoms with van der Waals surface area (Å²) in [4.78, 5) is 6.19. The van der Waals surface area contributed by atoms with Crippen LogP contribution in [0.5, 0.6) is 5.75 Å². The number of fused-ring (bicyclic) bond motifs is 1. The molecule has 0 saturated heterocycles. The lowest BCUT2D eigenvalue weighted by Gasteiger charge is -2.10. The van der Waals surface area contributed by atoms with Gasteiger partial charge in [0.25, 0.3) is 0 Å². The quantitative estimate of drug-likeness (QED) is 0.411. The van der Waals surface area contributed by atoms with E-state index in [0.29, 0.717) is 12.5 Å². The molecule has 3 aromatic rings. The van der Waals surface area contributed by atoms with E-state index in [4.69, 9.17) is 9.72 Å². The Morgan fingerprint density at radius 3 is 2.66 bits per heavy atom. The molecule has 0 unspecified atom stereocenters. The maximum atomic E-state index is 6.08. The lowest BCUT2D eigenvalue weighted by Crippen LogP contribution is -2.03. The highest BCUT2D eigenvalue weighted by Gasteiger charge is 2.21. The fraction of sp³-hybridized carbons (Fsp3) is 0.423. The Labute approximate surface area is 179 Å². The van der Waals surface area contributed by atoms with Crippen LogP contribution in [0.25, 0.3) is 10.6 Å². The van der Waals surface area contributed by atoms with Crippen molar-refractivity contribution < 1.29 is 4.74 Å². The van der Waals surface area contributed by atoms with Crippen LogP contribution >= 0.6 is 11.3 Å². The van der Waals surface area contributed by atoms with Gasteiger partial charge in [-0.1, -0.05) is 51.1 Å². The van der Waals surface area contributed by atoms with E-state index >= 15 is 0 Å². The van der Waals surface area contributed by atoms with Gasteiger partial charge in [0.2, 0.25) is 0 Å². The van der Waals surface area contributed by atoms with Gasteiger partial charge in [-0.25, -0.2) is 4.98 Å². The molecule has 1 heterocycles. The third-order valence-electron chi connectivity index (χ3n) is 6.13. The van der Waals surface area contributed by atoms with Crippen molar-refractivity contribution in [3.8, 4) is 16.3 Å². The molecule has 2 aromatic carbocycles. The van der Waals surface area contributed by atoms with Gasteiger partial charge in [-0.3, -0.25) is 0 Å². The molecule has 29 heavy (non-hydrogen) atoms. The Balaban J connectivity index is 1.38. The fourth-order valence-electron chi connectivity index (χ4n) is 4.26. The van der Waals surface area contributed by atoms with Crippen molar-refractivity contribution in [2.75, 3.05) is 6.61 Å². The standard InChI is InChI=1S/C26H31NOS/c1-5-19-6-11-22-16-23(12-13-24(19)22)28-15-14-25-18(4)29-26(27-25)21-9-7-20(8-10-21)17(2)3/h7-10,12-13,16-17,19H,5-6,11,14-15H2,1-4H3/t19-/m1/s1. The van der Waals surface area contributed by atoms with Gasteiger partial charge in [-0.15, -0.1) is 11.3 Å². The first-order chi connectivity index (χ1) is 14.0. The van der Waals surface area contributed by atoms with Gasteiger partial charge >= 0.3 is 0 Å². The average molecular weight is 406 g/mol. The number of benzene rings is 2. The first-order valence-corrected chi connectivity index (χ1v) is 11.7. The molecule has 0 spiro atoms. The van der Waals surface area contributed by atoms with Gasteiger partial charge in [0.1, 0.15) is 10.8 Å². The maximum Gasteiger partial charge on any atom is 0.123 e. The van der Waals surface area contributed by atoms with Crippen molar-refractivity contribution in [2.45, 2.75) is 65.2 Å². The van der Waals surface area contributed by atoms with E-state index in [1.807, 2.05) is 0 Å². The summed E-state index contributed by atoms with van der Waals surface area (Å²) in [5.41, 5.74) is 6.74. The van der Waals surface area contributed by atoms with Gasteiger partial charge < -0.3 is 4.74 Å². The van der Waals surface area contributed by atoms with E-state index < -0.39 is 0 Å². The van der Waals surface area contributed by atoms with E-state index in [2.05, 4.69) is 70.2 Å². The molecule has 0 aliphatic heterocycles. The highest BCUT2D eigenvalue weighted by atomic mass is 32.1. The summed E-state index contributed by atoms with van der Waals surface area (Å²) in [6.07, 6.45) is 4.56. The lowest BCUT2D eigenvalue weighted by molar-refractivity contribution is 0.320. The molecule has 4 rings (SSSR count). The monoisotopic (exact) mass is 405 g/mol. The Morgan fingerprint density at radius 2 is 1.93 bits per heavy atom. The number of hydrogen-bond donors (Lipinski definition) is 0. The molecule has 0 fully saturated rings. The number of hydrogen-bond acceptors (Lipinski definition) is 3. The predicted octanol–water partition coefficient (Wildman–Crippen LogP) is 7.30. The van der Waals surface area contributed by atoms with Crippen LogP contribution in [0.1, 0.15) is 72.7 Å². The summed E-state index contributed by atoms with van der Waals surface area (Å²) in [5.74, 6) is 2.30. The smallest absolute Gasteiger partial charge is 0.123 e. The van der Waals surface area contributed by atoms with Gasteiger partial charge in [0, 0.05) is 16.9 Å². The number of nitrogens with zero attached hydrogens (tertiary/aromatic N) is 1. The van der Waals surface area contributed by atoms with Crippen molar-refractivity contribution in [3.05, 3.63) is 69.7 Å². The van der Waals surface area contributed by atoms with Crippen molar-refractivity contribution >= 4 is 11.3 Å². The largest absolute Gasteiger partial charge is 0.493 e. The highest BCUT2D eigenvalue weighted by molar-refractivity contribution is 7.15. The summed E-state index contributed by atoms with van der Waals surface area (Å²) in [5, 5.41) is 1.11. The molecule has 0 bridgehead atoms. The summed E-state index contributed by atoms with van der Waals surface area (Å²) in [7, 11) is 0. The van der Waals surface area contributed by atoms with Gasteiger partial charge in [0.05, 0.1) is 12.3 Å². The van der Waals surface area contributed by atoms with Crippen molar-refractivity contribution in [1.82, 2.24) is 4.98 Å². The molecule has 1 aromatic heterocycles. The third kappa shape index (κ3) is 4.40. The number of aromatic nitrogens is 1. The Kier molecular flexibility index (Phi) is 6.05. The van der Waals surface area contributed by atoms with Crippen LogP contribution in [0.2, 0.25) is 0 Å². The number of ether oxygens (including phenoxy) is 1. The van der Waals surface area contributed by atoms with Crippen LogP contribution in [0.3, 0.4) is 0 Å². The molecular formula is C26H31NOS. The van der Waals surface area contributed by atoms with Crippen LogP contribution in [0.15, 0.2) is 42.5 Å². The van der Waals surface area contributed by atoms with Crippen LogP contribution in [0.4, 0.5) is 0 Å². The third-order valence-corrected chi connectivity index (χ3v) is 7.20. The average Bonchev–Trinajstić information content (AvgIpc) is 3.31. The molecule has 0 amide bonds. The molecule has 1 aliphatic rings. The zero-order chi connectivity index (χ0) is 20.4. The van der Waals surface area contributed by atoms with Crippen LogP contribution < -0.4 is 4.74 Å². The molecule has 0 saturated carbocycles. The van der Waals surface area contributed by atoms with E-state index in [9.17, 15) is 0 Å². The topological polar surface area (TPSA) is 22.1 Å². The molecule has 2 nitrogen and oxygen atoms in total. The number of thiazole rings is 1. The minimum absolute atomic E-state index is 0.557. The van der Waals surface area contributed by atoms with Crippen molar-refractivity contribution in [2.24, 2.45) is 0 Å². The molecule has 1 atom stereocenters. The van der Waals surface area contributed by atoms with Crippen LogP contribution in [-0.2, 0) is 12.8 Å². The fourth-order valence-corrected chi connectivity index (χ4v) is 5.22. The summed E-state index contributed by atoms with van der Waals surface area (Å²) in [6, 6.07) is 15.5. The van der Waals surface area contributed by atoms with Gasteiger partial charge in [-0.2, -0.15) is 0 Å². The van der Waals surface area contributed by atoms with E-state index in [-0.39, 0.29) is 0 Å². The minimum Gasteiger partial charge on any atom is -0.493 e. The van der Waals surface area contributed by atoms with Crippen LogP contribution in [-0.4, -0.2) is 11.6 Å². The SMILES string of the molecule is CC[C@@H]1CCc2cc(OCCc3nc(-c4ccc(C(C)C)cc4)sc3C)ccc21. The summed E-state index contributed by atoms with van der Waals surface area (Å²) in [6.45, 7) is 9.58. The summed E-state index contributed by atoms with van der Waals surface area (Å²) < 4.78 is 6.08. The Bertz CT molecular complexity index is 971. The van der Waals surface area contributed by atoms with Gasteiger partial charge in [-0.05, 0) is 66.8 Å². The number of aryl methyl sites for hydroxylation is 2. The molecule has 0 radical (unpaired) electrons. The first-order valence-electron chi connectivity index (χ1n) is 10.9. The van der Waals surface area contributed by atoms with E-state index in [1.54, 1.807) is 11.3 Å². The van der Waals surface area contributed by atoms with E-state index in [0.717, 1.165) is 28.8 Å². The molecule has 152 valence electrons. The zero-order valence-electron chi connectivity index (χ0n) is 18.0. The predicted molar refractivity (Wildman–Crippen MR) is 123 cm³/mol. The maximum absolute atomic E-state index is 6.08. The minimum atomic E-state index is 0.557. The first kappa shape index (κ1) is 20.2. The summed E-state index contributed by atoms with van der Waals surface area (Å²) >= 11 is 1.78. The molecule has 3 heteroatoms. The lowest BCUT2D eigenvalue weighted by atomic mass is 9.99. The second-order valence-corrected chi connectivity index (χ2v) is 9.60. The number of rotatable bonds is 7. The normalized spacial score (nSPS) is 15.7. The van der Waals surface area contributed by atoms with Crippen LogP contribution in [0, 0.1) is 6.92 Å². The van der Waals surface area contributed by atoms with Crippen molar-refractivity contribution in [1.29, 1.82) is 0 Å². The van der Waals surface area contributed by atoms with E-state index in [1.165, 1.54) is 46.4 Å². The molecule has 0 N–H and O–H groups in total. The Morgan fingerprint density at radius 1 is 1.14 bits per heavy atom.